The minimum absolute atomic E-state index is 0.0421. The number of methoxy groups -OCH3 is 1. The number of nitrogens with one attached hydrogen (secondary N) is 1. The molecule has 0 aliphatic rings. The van der Waals surface area contributed by atoms with Crippen molar-refractivity contribution in [3.63, 3.8) is 0 Å². The van der Waals surface area contributed by atoms with Crippen molar-refractivity contribution in [3.8, 4) is 6.07 Å². The maximum Gasteiger partial charge on any atom is 0.264 e. The molecular formula is C22H20FN3O3. The molecule has 0 aliphatic heterocycles. The molecule has 1 amide bonds. The highest BCUT2D eigenvalue weighted by Crippen LogP contribution is 2.21. The zero-order valence-corrected chi connectivity index (χ0v) is 16.2. The van der Waals surface area contributed by atoms with E-state index < -0.39 is 11.5 Å². The Morgan fingerprint density at radius 2 is 1.97 bits per heavy atom. The van der Waals surface area contributed by atoms with Gasteiger partial charge in [0.25, 0.3) is 11.5 Å². The molecule has 2 aromatic carbocycles. The number of benzene rings is 2. The van der Waals surface area contributed by atoms with Crippen LogP contribution >= 0.6 is 0 Å². The molecule has 3 aromatic rings. The Morgan fingerprint density at radius 3 is 2.62 bits per heavy atom. The van der Waals surface area contributed by atoms with Gasteiger partial charge in [0, 0.05) is 25.6 Å². The molecule has 0 saturated carbocycles. The van der Waals surface area contributed by atoms with Gasteiger partial charge in [0.1, 0.15) is 11.4 Å². The molecule has 0 bridgehead atoms. The molecule has 0 unspecified atom stereocenters. The number of hydrogen-bond donors (Lipinski definition) is 1. The maximum atomic E-state index is 13.1. The van der Waals surface area contributed by atoms with Gasteiger partial charge in [-0.1, -0.05) is 18.2 Å². The number of aromatic nitrogens is 1. The van der Waals surface area contributed by atoms with Gasteiger partial charge in [-0.3, -0.25) is 9.59 Å². The van der Waals surface area contributed by atoms with Crippen LogP contribution in [0.15, 0.2) is 47.3 Å². The Balaban J connectivity index is 2.04. The second-order valence-electron chi connectivity index (χ2n) is 6.60. The van der Waals surface area contributed by atoms with Crippen LogP contribution in [0, 0.1) is 24.1 Å². The first-order chi connectivity index (χ1) is 14.0. The molecule has 0 fully saturated rings. The number of amides is 1. The van der Waals surface area contributed by atoms with Gasteiger partial charge in [-0.2, -0.15) is 5.26 Å². The number of pyridine rings is 1. The number of halogens is 1. The number of rotatable bonds is 6. The van der Waals surface area contributed by atoms with Crippen molar-refractivity contribution in [2.75, 3.05) is 13.7 Å². The topological polar surface area (TPSA) is 84.1 Å². The number of fused-ring (bicyclic) bond motifs is 1. The number of nitriles is 1. The smallest absolute Gasteiger partial charge is 0.264 e. The van der Waals surface area contributed by atoms with Crippen molar-refractivity contribution < 1.29 is 13.9 Å². The van der Waals surface area contributed by atoms with Gasteiger partial charge < -0.3 is 14.6 Å². The zero-order chi connectivity index (χ0) is 21.0. The van der Waals surface area contributed by atoms with Crippen LogP contribution in [0.4, 0.5) is 4.39 Å². The van der Waals surface area contributed by atoms with Crippen LogP contribution in [0.2, 0.25) is 0 Å². The lowest BCUT2D eigenvalue weighted by atomic mass is 10.0. The van der Waals surface area contributed by atoms with Crippen LogP contribution in [0.5, 0.6) is 0 Å². The summed E-state index contributed by atoms with van der Waals surface area (Å²) in [6, 6.07) is 12.9. The van der Waals surface area contributed by atoms with Gasteiger partial charge >= 0.3 is 0 Å². The third-order valence-electron chi connectivity index (χ3n) is 4.77. The van der Waals surface area contributed by atoms with E-state index in [-0.39, 0.29) is 31.1 Å². The summed E-state index contributed by atoms with van der Waals surface area (Å²) in [5.74, 6) is -0.863. The van der Waals surface area contributed by atoms with Gasteiger partial charge in [0.15, 0.2) is 0 Å². The number of carbonyl (C=O) groups is 1. The van der Waals surface area contributed by atoms with Gasteiger partial charge in [-0.15, -0.1) is 0 Å². The first-order valence-electron chi connectivity index (χ1n) is 9.05. The Hall–Kier alpha value is -3.50. The Bertz CT molecular complexity index is 1160. The monoisotopic (exact) mass is 393 g/mol. The lowest BCUT2D eigenvalue weighted by molar-refractivity contribution is 0.0948. The van der Waals surface area contributed by atoms with Crippen molar-refractivity contribution in [2.45, 2.75) is 20.0 Å². The summed E-state index contributed by atoms with van der Waals surface area (Å²) >= 11 is 0. The summed E-state index contributed by atoms with van der Waals surface area (Å²) < 4.78 is 19.6. The van der Waals surface area contributed by atoms with Gasteiger partial charge in [-0.05, 0) is 42.3 Å². The van der Waals surface area contributed by atoms with Gasteiger partial charge in [-0.25, -0.2) is 4.39 Å². The molecule has 1 N–H and O–H groups in total. The molecule has 148 valence electrons. The zero-order valence-electron chi connectivity index (χ0n) is 16.2. The number of aryl methyl sites for hydroxylation is 1. The fourth-order valence-corrected chi connectivity index (χ4v) is 3.23. The SMILES string of the molecule is COCCn1c(=O)c(C(=O)NCc2ccc(F)cc2)c(C)c2ccc(C#N)cc21. The molecule has 1 heterocycles. The molecule has 0 atom stereocenters. The Kier molecular flexibility index (Phi) is 6.05. The van der Waals surface area contributed by atoms with E-state index in [1.54, 1.807) is 37.3 Å². The van der Waals surface area contributed by atoms with Gasteiger partial charge in [0.2, 0.25) is 0 Å². The van der Waals surface area contributed by atoms with Crippen LogP contribution in [0.25, 0.3) is 10.9 Å². The van der Waals surface area contributed by atoms with E-state index in [1.165, 1.54) is 23.8 Å². The summed E-state index contributed by atoms with van der Waals surface area (Å²) in [7, 11) is 1.53. The molecule has 29 heavy (non-hydrogen) atoms. The predicted octanol–water partition coefficient (Wildman–Crippen LogP) is 2.90. The molecule has 3 rings (SSSR count). The lowest BCUT2D eigenvalue weighted by Crippen LogP contribution is -2.35. The third-order valence-corrected chi connectivity index (χ3v) is 4.77. The number of hydrogen-bond acceptors (Lipinski definition) is 4. The van der Waals surface area contributed by atoms with Crippen LogP contribution in [0.3, 0.4) is 0 Å². The Morgan fingerprint density at radius 1 is 1.24 bits per heavy atom. The maximum absolute atomic E-state index is 13.1. The fraction of sp³-hybridized carbons (Fsp3) is 0.227. The minimum atomic E-state index is -0.505. The van der Waals surface area contributed by atoms with E-state index in [0.29, 0.717) is 22.0 Å². The quantitative estimate of drug-likeness (QED) is 0.698. The van der Waals surface area contributed by atoms with Crippen molar-refractivity contribution in [1.82, 2.24) is 9.88 Å². The second-order valence-corrected chi connectivity index (χ2v) is 6.60. The van der Waals surface area contributed by atoms with Gasteiger partial charge in [0.05, 0.1) is 23.8 Å². The summed E-state index contributed by atoms with van der Waals surface area (Å²) in [4.78, 5) is 26.0. The van der Waals surface area contributed by atoms with E-state index in [1.807, 2.05) is 0 Å². The largest absolute Gasteiger partial charge is 0.383 e. The Labute approximate surface area is 167 Å². The molecule has 0 radical (unpaired) electrons. The fourth-order valence-electron chi connectivity index (χ4n) is 3.23. The van der Waals surface area contributed by atoms with E-state index >= 15 is 0 Å². The second kappa shape index (κ2) is 8.67. The van der Waals surface area contributed by atoms with Crippen LogP contribution in [-0.4, -0.2) is 24.2 Å². The average Bonchev–Trinajstić information content (AvgIpc) is 2.73. The summed E-state index contributed by atoms with van der Waals surface area (Å²) in [6.07, 6.45) is 0. The van der Waals surface area contributed by atoms with Crippen molar-refractivity contribution in [2.24, 2.45) is 0 Å². The van der Waals surface area contributed by atoms with Crippen molar-refractivity contribution in [3.05, 3.63) is 80.9 Å². The third kappa shape index (κ3) is 4.18. The molecule has 0 saturated heterocycles. The number of carbonyl (C=O) groups excluding carboxylic acids is 1. The standard InChI is InChI=1S/C22H20FN3O3/c1-14-18-8-5-16(12-24)11-19(18)26(9-10-29-2)22(28)20(14)21(27)25-13-15-3-6-17(23)7-4-15/h3-8,11H,9-10,13H2,1-2H3,(H,25,27). The number of nitrogens with zero attached hydrogens (tertiary/aromatic N) is 2. The van der Waals surface area contributed by atoms with Crippen LogP contribution in [0.1, 0.15) is 27.0 Å². The van der Waals surface area contributed by atoms with E-state index in [9.17, 15) is 19.2 Å². The summed E-state index contributed by atoms with van der Waals surface area (Å²) in [5.41, 5.74) is 1.87. The van der Waals surface area contributed by atoms with E-state index in [2.05, 4.69) is 11.4 Å². The van der Waals surface area contributed by atoms with Crippen molar-refractivity contribution in [1.29, 1.82) is 5.26 Å². The van der Waals surface area contributed by atoms with Crippen LogP contribution in [-0.2, 0) is 17.8 Å². The molecule has 0 aliphatic carbocycles. The van der Waals surface area contributed by atoms with E-state index in [0.717, 1.165) is 5.56 Å². The highest BCUT2D eigenvalue weighted by atomic mass is 19.1. The summed E-state index contributed by atoms with van der Waals surface area (Å²) in [5, 5.41) is 12.6. The first-order valence-corrected chi connectivity index (χ1v) is 9.05. The minimum Gasteiger partial charge on any atom is -0.383 e. The summed E-state index contributed by atoms with van der Waals surface area (Å²) in [6.45, 7) is 2.41. The molecule has 6 nitrogen and oxygen atoms in total. The molecular weight excluding hydrogens is 373 g/mol. The first kappa shape index (κ1) is 20.2. The van der Waals surface area contributed by atoms with E-state index in [4.69, 9.17) is 4.74 Å². The lowest BCUT2D eigenvalue weighted by Gasteiger charge is -2.16. The van der Waals surface area contributed by atoms with Crippen LogP contribution < -0.4 is 10.9 Å². The average molecular weight is 393 g/mol. The molecule has 0 spiro atoms. The highest BCUT2D eigenvalue weighted by molar-refractivity contribution is 6.00. The predicted molar refractivity (Wildman–Crippen MR) is 107 cm³/mol. The highest BCUT2D eigenvalue weighted by Gasteiger charge is 2.20. The number of ether oxygens (including phenoxy) is 1. The normalized spacial score (nSPS) is 10.7. The molecule has 1 aromatic heterocycles. The van der Waals surface area contributed by atoms with Crippen molar-refractivity contribution >= 4 is 16.8 Å². The molecule has 7 heteroatoms.